The second kappa shape index (κ2) is 6.93. The van der Waals surface area contributed by atoms with Crippen molar-refractivity contribution >= 4 is 52.2 Å². The molecule has 1 aromatic rings. The number of hydrogen-bond acceptors (Lipinski definition) is 6. The number of esters is 1. The van der Waals surface area contributed by atoms with E-state index in [0.717, 1.165) is 11.8 Å². The molecule has 1 N–H and O–H groups in total. The summed E-state index contributed by atoms with van der Waals surface area (Å²) in [6.45, 7) is 1.54. The second-order valence-corrected chi connectivity index (χ2v) is 6.35. The summed E-state index contributed by atoms with van der Waals surface area (Å²) in [6.07, 6.45) is 1.61. The van der Waals surface area contributed by atoms with E-state index < -0.39 is 18.0 Å². The van der Waals surface area contributed by atoms with Crippen molar-refractivity contribution in [1.29, 1.82) is 0 Å². The highest BCUT2D eigenvalue weighted by Crippen LogP contribution is 2.34. The van der Waals surface area contributed by atoms with Gasteiger partial charge in [0, 0.05) is 0 Å². The zero-order valence-corrected chi connectivity index (χ0v) is 13.9. The lowest BCUT2D eigenvalue weighted by Gasteiger charge is -2.20. The van der Waals surface area contributed by atoms with Crippen molar-refractivity contribution in [3.63, 3.8) is 0 Å². The van der Waals surface area contributed by atoms with Gasteiger partial charge in [-0.1, -0.05) is 36.1 Å². The molecule has 0 saturated carbocycles. The van der Waals surface area contributed by atoms with Crippen LogP contribution in [-0.2, 0) is 14.3 Å². The first kappa shape index (κ1) is 17.2. The van der Waals surface area contributed by atoms with Crippen LogP contribution < -0.4 is 0 Å². The average Bonchev–Trinajstić information content (AvgIpc) is 2.80. The largest absolute Gasteiger partial charge is 0.478 e. The van der Waals surface area contributed by atoms with Crippen LogP contribution in [0.25, 0.3) is 6.08 Å². The number of carbonyl (C=O) groups is 3. The molecule has 1 saturated heterocycles. The number of nitrogens with zero attached hydrogens (tertiary/aromatic N) is 1. The van der Waals surface area contributed by atoms with Crippen LogP contribution in [0.15, 0.2) is 29.2 Å². The van der Waals surface area contributed by atoms with E-state index in [0.29, 0.717) is 10.5 Å². The number of benzene rings is 1. The molecule has 120 valence electrons. The Morgan fingerprint density at radius 1 is 1.35 bits per heavy atom. The van der Waals surface area contributed by atoms with Gasteiger partial charge in [-0.2, -0.15) is 0 Å². The Labute approximate surface area is 142 Å². The number of carbonyl (C=O) groups excluding carboxylic acids is 2. The molecule has 23 heavy (non-hydrogen) atoms. The first-order valence-electron chi connectivity index (χ1n) is 6.53. The lowest BCUT2D eigenvalue weighted by molar-refractivity contribution is -0.147. The lowest BCUT2D eigenvalue weighted by Crippen LogP contribution is -2.42. The van der Waals surface area contributed by atoms with Gasteiger partial charge in [0.1, 0.15) is 10.4 Å². The Bertz CT molecular complexity index is 711. The van der Waals surface area contributed by atoms with E-state index in [1.54, 1.807) is 25.1 Å². The van der Waals surface area contributed by atoms with Crippen LogP contribution >= 0.6 is 24.0 Å². The standard InChI is InChI=1S/C15H13NO5S2/c1-8(14(20)21-2)16-12(17)11(23-15(16)22)7-9-3-5-10(6-4-9)13(18)19/h3-8H,1-2H3,(H,18,19). The van der Waals surface area contributed by atoms with Gasteiger partial charge in [-0.3, -0.25) is 9.69 Å². The van der Waals surface area contributed by atoms with Gasteiger partial charge in [0.15, 0.2) is 0 Å². The van der Waals surface area contributed by atoms with Crippen molar-refractivity contribution < 1.29 is 24.2 Å². The number of rotatable bonds is 4. The van der Waals surface area contributed by atoms with E-state index in [2.05, 4.69) is 4.74 Å². The quantitative estimate of drug-likeness (QED) is 0.505. The first-order chi connectivity index (χ1) is 10.8. The fourth-order valence-electron chi connectivity index (χ4n) is 1.96. The summed E-state index contributed by atoms with van der Waals surface area (Å²) in [6, 6.07) is 5.30. The Morgan fingerprint density at radius 2 is 1.96 bits per heavy atom. The summed E-state index contributed by atoms with van der Waals surface area (Å²) >= 11 is 6.24. The van der Waals surface area contributed by atoms with Gasteiger partial charge in [0.2, 0.25) is 0 Å². The van der Waals surface area contributed by atoms with E-state index in [4.69, 9.17) is 17.3 Å². The van der Waals surface area contributed by atoms with Crippen LogP contribution in [0.4, 0.5) is 0 Å². The summed E-state index contributed by atoms with van der Waals surface area (Å²) in [5, 5.41) is 8.87. The van der Waals surface area contributed by atoms with Gasteiger partial charge in [-0.05, 0) is 30.7 Å². The maximum atomic E-state index is 12.4. The fourth-order valence-corrected chi connectivity index (χ4v) is 3.38. The third-order valence-corrected chi connectivity index (χ3v) is 4.54. The summed E-state index contributed by atoms with van der Waals surface area (Å²) in [5.41, 5.74) is 0.829. The van der Waals surface area contributed by atoms with E-state index in [1.807, 2.05) is 0 Å². The van der Waals surface area contributed by atoms with Crippen LogP contribution in [-0.4, -0.2) is 45.3 Å². The number of carboxylic acid groups (broad SMARTS) is 1. The van der Waals surface area contributed by atoms with Gasteiger partial charge < -0.3 is 9.84 Å². The van der Waals surface area contributed by atoms with Crippen LogP contribution in [0.5, 0.6) is 0 Å². The zero-order valence-electron chi connectivity index (χ0n) is 12.3. The summed E-state index contributed by atoms with van der Waals surface area (Å²) < 4.78 is 4.91. The monoisotopic (exact) mass is 351 g/mol. The van der Waals surface area contributed by atoms with Crippen molar-refractivity contribution in [2.75, 3.05) is 7.11 Å². The number of amides is 1. The van der Waals surface area contributed by atoms with E-state index in [1.165, 1.54) is 24.1 Å². The Kier molecular flexibility index (Phi) is 5.17. The highest BCUT2D eigenvalue weighted by atomic mass is 32.2. The molecule has 2 rings (SSSR count). The van der Waals surface area contributed by atoms with E-state index in [9.17, 15) is 14.4 Å². The highest BCUT2D eigenvalue weighted by Gasteiger charge is 2.38. The summed E-state index contributed by atoms with van der Waals surface area (Å²) in [4.78, 5) is 36.4. The van der Waals surface area contributed by atoms with Crippen molar-refractivity contribution in [3.8, 4) is 0 Å². The Morgan fingerprint density at radius 3 is 2.48 bits per heavy atom. The minimum atomic E-state index is -1.02. The molecular weight excluding hydrogens is 338 g/mol. The topological polar surface area (TPSA) is 83.9 Å². The number of thioether (sulfide) groups is 1. The third-order valence-electron chi connectivity index (χ3n) is 3.21. The zero-order chi connectivity index (χ0) is 17.1. The summed E-state index contributed by atoms with van der Waals surface area (Å²) in [5.74, 6) is -1.94. The fraction of sp³-hybridized carbons (Fsp3) is 0.200. The molecule has 1 unspecified atom stereocenters. The Balaban J connectivity index is 2.24. The highest BCUT2D eigenvalue weighted by molar-refractivity contribution is 8.26. The number of ether oxygens (including phenoxy) is 1. The number of thiocarbonyl (C=S) groups is 1. The van der Waals surface area contributed by atoms with E-state index in [-0.39, 0.29) is 15.8 Å². The lowest BCUT2D eigenvalue weighted by atomic mass is 10.1. The van der Waals surface area contributed by atoms with Gasteiger partial charge in [-0.15, -0.1) is 0 Å². The predicted molar refractivity (Wildman–Crippen MR) is 89.9 cm³/mol. The molecule has 1 amide bonds. The molecule has 6 nitrogen and oxygen atoms in total. The molecular formula is C15H13NO5S2. The molecule has 1 aliphatic heterocycles. The maximum Gasteiger partial charge on any atom is 0.335 e. The first-order valence-corrected chi connectivity index (χ1v) is 7.76. The minimum Gasteiger partial charge on any atom is -0.478 e. The van der Waals surface area contributed by atoms with Crippen LogP contribution in [0.2, 0.25) is 0 Å². The number of aromatic carboxylic acids is 1. The predicted octanol–water partition coefficient (Wildman–Crippen LogP) is 2.15. The second-order valence-electron chi connectivity index (χ2n) is 4.68. The molecule has 1 aromatic carbocycles. The minimum absolute atomic E-state index is 0.161. The molecule has 0 radical (unpaired) electrons. The van der Waals surface area contributed by atoms with Crippen molar-refractivity contribution in [1.82, 2.24) is 4.90 Å². The van der Waals surface area contributed by atoms with E-state index >= 15 is 0 Å². The SMILES string of the molecule is COC(=O)C(C)N1C(=O)C(=Cc2ccc(C(=O)O)cc2)SC1=S. The summed E-state index contributed by atoms with van der Waals surface area (Å²) in [7, 11) is 1.25. The molecule has 0 aliphatic carbocycles. The van der Waals surface area contributed by atoms with Gasteiger partial charge in [0.25, 0.3) is 5.91 Å². The molecule has 1 fully saturated rings. The van der Waals surface area contributed by atoms with Crippen LogP contribution in [0, 0.1) is 0 Å². The number of methoxy groups -OCH3 is 1. The molecule has 1 aliphatic rings. The third kappa shape index (κ3) is 3.59. The molecule has 1 atom stereocenters. The van der Waals surface area contributed by atoms with Gasteiger partial charge in [-0.25, -0.2) is 9.59 Å². The van der Waals surface area contributed by atoms with Gasteiger partial charge >= 0.3 is 11.9 Å². The van der Waals surface area contributed by atoms with Crippen molar-refractivity contribution in [2.45, 2.75) is 13.0 Å². The molecule has 0 aromatic heterocycles. The smallest absolute Gasteiger partial charge is 0.335 e. The number of hydrogen-bond donors (Lipinski definition) is 1. The maximum absolute atomic E-state index is 12.4. The van der Waals surface area contributed by atoms with Crippen molar-refractivity contribution in [2.24, 2.45) is 0 Å². The molecule has 0 bridgehead atoms. The Hall–Kier alpha value is -2.19. The normalized spacial score (nSPS) is 17.5. The van der Waals surface area contributed by atoms with Gasteiger partial charge in [0.05, 0.1) is 17.6 Å². The molecule has 1 heterocycles. The molecule has 8 heteroatoms. The molecule has 0 spiro atoms. The number of carboxylic acids is 1. The van der Waals surface area contributed by atoms with Crippen molar-refractivity contribution in [3.05, 3.63) is 40.3 Å². The average molecular weight is 351 g/mol. The van der Waals surface area contributed by atoms with Crippen LogP contribution in [0.1, 0.15) is 22.8 Å². The van der Waals surface area contributed by atoms with Crippen LogP contribution in [0.3, 0.4) is 0 Å².